The van der Waals surface area contributed by atoms with E-state index in [1.54, 1.807) is 6.92 Å². The summed E-state index contributed by atoms with van der Waals surface area (Å²) in [7, 11) is 0. The molecule has 0 bridgehead atoms. The summed E-state index contributed by atoms with van der Waals surface area (Å²) in [5.74, 6) is -5.27. The highest BCUT2D eigenvalue weighted by Crippen LogP contribution is 2.25. The Bertz CT molecular complexity index is 760. The zero-order valence-electron chi connectivity index (χ0n) is 13.2. The van der Waals surface area contributed by atoms with E-state index < -0.39 is 35.3 Å². The van der Waals surface area contributed by atoms with Gasteiger partial charge in [0.25, 0.3) is 5.91 Å². The van der Waals surface area contributed by atoms with Crippen molar-refractivity contribution in [2.24, 2.45) is 0 Å². The predicted octanol–water partition coefficient (Wildman–Crippen LogP) is 4.36. The Morgan fingerprint density at radius 1 is 1.12 bits per heavy atom. The molecule has 0 saturated heterocycles. The third kappa shape index (κ3) is 5.20. The SMILES string of the molecule is CC(O)CCSc1cc(C(=O)Nc2cc(F)c(F)c(F)c2)ccc1F. The number of halogens is 4. The Labute approximate surface area is 146 Å². The maximum Gasteiger partial charge on any atom is 0.255 e. The fourth-order valence-corrected chi connectivity index (χ4v) is 3.02. The molecular weight excluding hydrogens is 358 g/mol. The summed E-state index contributed by atoms with van der Waals surface area (Å²) in [6.45, 7) is 1.61. The van der Waals surface area contributed by atoms with E-state index in [1.807, 2.05) is 0 Å². The van der Waals surface area contributed by atoms with Crippen LogP contribution in [0.4, 0.5) is 23.2 Å². The highest BCUT2D eigenvalue weighted by atomic mass is 32.2. The highest BCUT2D eigenvalue weighted by molar-refractivity contribution is 7.99. The number of amides is 1. The van der Waals surface area contributed by atoms with E-state index in [-0.39, 0.29) is 16.1 Å². The number of rotatable bonds is 6. The molecule has 1 atom stereocenters. The van der Waals surface area contributed by atoms with Gasteiger partial charge in [0.1, 0.15) is 5.82 Å². The number of hydrogen-bond donors (Lipinski definition) is 2. The van der Waals surface area contributed by atoms with Crippen molar-refractivity contribution in [3.05, 3.63) is 59.2 Å². The minimum Gasteiger partial charge on any atom is -0.393 e. The van der Waals surface area contributed by atoms with Crippen LogP contribution in [-0.4, -0.2) is 22.9 Å². The number of aliphatic hydroxyl groups excluding tert-OH is 1. The Kier molecular flexibility index (Phi) is 6.44. The fourth-order valence-electron chi connectivity index (χ4n) is 1.93. The second-order valence-electron chi connectivity index (χ2n) is 5.34. The van der Waals surface area contributed by atoms with E-state index in [2.05, 4.69) is 5.32 Å². The van der Waals surface area contributed by atoms with Crippen LogP contribution in [-0.2, 0) is 0 Å². The molecular formula is C17H15F4NO2S. The van der Waals surface area contributed by atoms with Gasteiger partial charge in [0, 0.05) is 34.0 Å². The van der Waals surface area contributed by atoms with Crippen LogP contribution < -0.4 is 5.32 Å². The molecule has 0 aliphatic carbocycles. The summed E-state index contributed by atoms with van der Waals surface area (Å²) in [4.78, 5) is 12.4. The lowest BCUT2D eigenvalue weighted by atomic mass is 10.2. The summed E-state index contributed by atoms with van der Waals surface area (Å²) >= 11 is 1.14. The number of nitrogens with one attached hydrogen (secondary N) is 1. The third-order valence-electron chi connectivity index (χ3n) is 3.23. The third-order valence-corrected chi connectivity index (χ3v) is 4.29. The molecule has 0 fully saturated rings. The summed E-state index contributed by atoms with van der Waals surface area (Å²) in [5.41, 5.74) is -0.180. The van der Waals surface area contributed by atoms with Crippen LogP contribution in [0.15, 0.2) is 35.2 Å². The lowest BCUT2D eigenvalue weighted by Crippen LogP contribution is -2.13. The molecule has 8 heteroatoms. The average Bonchev–Trinajstić information content (AvgIpc) is 2.53. The number of carbonyl (C=O) groups is 1. The molecule has 134 valence electrons. The standard InChI is InChI=1S/C17H15F4NO2S/c1-9(23)4-5-25-15-6-10(2-3-12(15)18)17(24)22-11-7-13(19)16(21)14(20)8-11/h2-3,6-9,23H,4-5H2,1H3,(H,22,24). The van der Waals surface area contributed by atoms with Crippen LogP contribution in [0.1, 0.15) is 23.7 Å². The molecule has 3 nitrogen and oxygen atoms in total. The van der Waals surface area contributed by atoms with E-state index >= 15 is 0 Å². The van der Waals surface area contributed by atoms with Crippen molar-refractivity contribution in [3.8, 4) is 0 Å². The van der Waals surface area contributed by atoms with E-state index in [4.69, 9.17) is 0 Å². The van der Waals surface area contributed by atoms with E-state index in [9.17, 15) is 27.5 Å². The van der Waals surface area contributed by atoms with Crippen LogP contribution >= 0.6 is 11.8 Å². The maximum absolute atomic E-state index is 13.8. The highest BCUT2D eigenvalue weighted by Gasteiger charge is 2.14. The van der Waals surface area contributed by atoms with Crippen molar-refractivity contribution in [1.29, 1.82) is 0 Å². The van der Waals surface area contributed by atoms with Crippen LogP contribution in [0.2, 0.25) is 0 Å². The zero-order valence-corrected chi connectivity index (χ0v) is 14.0. The minimum atomic E-state index is -1.63. The molecule has 0 radical (unpaired) electrons. The predicted molar refractivity (Wildman–Crippen MR) is 87.7 cm³/mol. The van der Waals surface area contributed by atoms with Gasteiger partial charge in [0.05, 0.1) is 6.10 Å². The van der Waals surface area contributed by atoms with Gasteiger partial charge < -0.3 is 10.4 Å². The number of benzene rings is 2. The van der Waals surface area contributed by atoms with E-state index in [0.29, 0.717) is 24.3 Å². The van der Waals surface area contributed by atoms with Crippen molar-refractivity contribution in [1.82, 2.24) is 0 Å². The quantitative estimate of drug-likeness (QED) is 0.449. The van der Waals surface area contributed by atoms with Gasteiger partial charge in [-0.25, -0.2) is 17.6 Å². The molecule has 0 aromatic heterocycles. The molecule has 1 amide bonds. The monoisotopic (exact) mass is 373 g/mol. The minimum absolute atomic E-state index is 0.0751. The largest absolute Gasteiger partial charge is 0.393 e. The molecule has 0 heterocycles. The first kappa shape index (κ1) is 19.3. The molecule has 0 saturated carbocycles. The lowest BCUT2D eigenvalue weighted by molar-refractivity contribution is 0.102. The van der Waals surface area contributed by atoms with Gasteiger partial charge in [-0.2, -0.15) is 0 Å². The lowest BCUT2D eigenvalue weighted by Gasteiger charge is -2.09. The van der Waals surface area contributed by atoms with Gasteiger partial charge in [-0.15, -0.1) is 11.8 Å². The molecule has 0 spiro atoms. The number of aliphatic hydroxyl groups is 1. The Hall–Kier alpha value is -2.06. The number of carbonyl (C=O) groups excluding carboxylic acids is 1. The fraction of sp³-hybridized carbons (Fsp3) is 0.235. The zero-order chi connectivity index (χ0) is 18.6. The summed E-state index contributed by atoms with van der Waals surface area (Å²) in [6, 6.07) is 4.93. The van der Waals surface area contributed by atoms with Gasteiger partial charge in [-0.1, -0.05) is 0 Å². The van der Waals surface area contributed by atoms with Crippen molar-refractivity contribution in [2.45, 2.75) is 24.3 Å². The molecule has 25 heavy (non-hydrogen) atoms. The molecule has 2 aromatic rings. The van der Waals surface area contributed by atoms with Crippen LogP contribution in [0.3, 0.4) is 0 Å². The molecule has 2 aromatic carbocycles. The van der Waals surface area contributed by atoms with Crippen molar-refractivity contribution >= 4 is 23.4 Å². The summed E-state index contributed by atoms with van der Waals surface area (Å²) in [6.07, 6.45) is -0.0698. The maximum atomic E-state index is 13.8. The Morgan fingerprint density at radius 3 is 2.36 bits per heavy atom. The van der Waals surface area contributed by atoms with E-state index in [1.165, 1.54) is 12.1 Å². The first-order chi connectivity index (χ1) is 11.8. The van der Waals surface area contributed by atoms with E-state index in [0.717, 1.165) is 17.8 Å². The number of thioether (sulfide) groups is 1. The normalized spacial score (nSPS) is 12.1. The van der Waals surface area contributed by atoms with Gasteiger partial charge in [-0.3, -0.25) is 4.79 Å². The second-order valence-corrected chi connectivity index (χ2v) is 6.48. The Morgan fingerprint density at radius 2 is 1.76 bits per heavy atom. The van der Waals surface area contributed by atoms with Gasteiger partial charge in [0.15, 0.2) is 17.5 Å². The molecule has 0 aliphatic rings. The van der Waals surface area contributed by atoms with Gasteiger partial charge in [0.2, 0.25) is 0 Å². The van der Waals surface area contributed by atoms with Crippen molar-refractivity contribution in [2.75, 3.05) is 11.1 Å². The Balaban J connectivity index is 2.14. The summed E-state index contributed by atoms with van der Waals surface area (Å²) in [5, 5.41) is 11.4. The summed E-state index contributed by atoms with van der Waals surface area (Å²) < 4.78 is 53.0. The van der Waals surface area contributed by atoms with Gasteiger partial charge in [-0.05, 0) is 31.5 Å². The molecule has 2 rings (SSSR count). The first-order valence-electron chi connectivity index (χ1n) is 7.34. The van der Waals surface area contributed by atoms with Crippen LogP contribution in [0.5, 0.6) is 0 Å². The van der Waals surface area contributed by atoms with Crippen LogP contribution in [0.25, 0.3) is 0 Å². The molecule has 0 aliphatic heterocycles. The smallest absolute Gasteiger partial charge is 0.255 e. The molecule has 2 N–H and O–H groups in total. The molecule has 1 unspecified atom stereocenters. The second kappa shape index (κ2) is 8.35. The average molecular weight is 373 g/mol. The topological polar surface area (TPSA) is 49.3 Å². The van der Waals surface area contributed by atoms with Gasteiger partial charge >= 0.3 is 0 Å². The number of hydrogen-bond acceptors (Lipinski definition) is 3. The van der Waals surface area contributed by atoms with Crippen LogP contribution in [0, 0.1) is 23.3 Å². The van der Waals surface area contributed by atoms with Crippen molar-refractivity contribution in [3.63, 3.8) is 0 Å². The van der Waals surface area contributed by atoms with Crippen molar-refractivity contribution < 1.29 is 27.5 Å². The number of anilines is 1. The first-order valence-corrected chi connectivity index (χ1v) is 8.32.